The number of anilines is 1. The Labute approximate surface area is 145 Å². The van der Waals surface area contributed by atoms with Crippen molar-refractivity contribution in [1.82, 2.24) is 9.88 Å². The summed E-state index contributed by atoms with van der Waals surface area (Å²) in [7, 11) is 0. The van der Waals surface area contributed by atoms with E-state index in [0.717, 1.165) is 35.6 Å². The number of amides is 1. The summed E-state index contributed by atoms with van der Waals surface area (Å²) in [5.41, 5.74) is 1.90. The number of hydrogen-bond acceptors (Lipinski definition) is 4. The van der Waals surface area contributed by atoms with Crippen molar-refractivity contribution >= 4 is 33.1 Å². The van der Waals surface area contributed by atoms with E-state index in [1.54, 1.807) is 11.3 Å². The van der Waals surface area contributed by atoms with Crippen LogP contribution in [0, 0.1) is 0 Å². The van der Waals surface area contributed by atoms with Gasteiger partial charge in [0.2, 0.25) is 5.91 Å². The van der Waals surface area contributed by atoms with Gasteiger partial charge in [-0.2, -0.15) is 0 Å². The largest absolute Gasteiger partial charge is 0.325 e. The molecule has 0 spiro atoms. The zero-order valence-electron chi connectivity index (χ0n) is 13.3. The SMILES string of the molecule is O=C(CN1CCC[C@@H]1c1nc2ccccc2s1)Nc1ccccc1. The van der Waals surface area contributed by atoms with E-state index in [1.165, 1.54) is 4.70 Å². The fourth-order valence-electron chi connectivity index (χ4n) is 3.23. The van der Waals surface area contributed by atoms with Gasteiger partial charge in [-0.15, -0.1) is 11.3 Å². The zero-order chi connectivity index (χ0) is 16.4. The molecular weight excluding hydrogens is 318 g/mol. The van der Waals surface area contributed by atoms with Crippen molar-refractivity contribution in [3.05, 3.63) is 59.6 Å². The highest BCUT2D eigenvalue weighted by atomic mass is 32.1. The highest BCUT2D eigenvalue weighted by molar-refractivity contribution is 7.18. The number of rotatable bonds is 4. The Bertz CT molecular complexity index is 813. The number of fused-ring (bicyclic) bond motifs is 1. The summed E-state index contributed by atoms with van der Waals surface area (Å²) in [5, 5.41) is 4.10. The first-order valence-electron chi connectivity index (χ1n) is 8.24. The molecule has 122 valence electrons. The van der Waals surface area contributed by atoms with Gasteiger partial charge in [-0.25, -0.2) is 4.98 Å². The minimum Gasteiger partial charge on any atom is -0.325 e. The monoisotopic (exact) mass is 337 g/mol. The van der Waals surface area contributed by atoms with Crippen LogP contribution in [0.15, 0.2) is 54.6 Å². The van der Waals surface area contributed by atoms with Gasteiger partial charge in [-0.1, -0.05) is 30.3 Å². The minimum atomic E-state index is 0.0363. The van der Waals surface area contributed by atoms with Crippen LogP contribution in [0.4, 0.5) is 5.69 Å². The molecule has 2 aromatic carbocycles. The van der Waals surface area contributed by atoms with Crippen molar-refractivity contribution in [1.29, 1.82) is 0 Å². The second kappa shape index (κ2) is 6.71. The summed E-state index contributed by atoms with van der Waals surface area (Å²) >= 11 is 1.74. The second-order valence-corrected chi connectivity index (χ2v) is 7.12. The first-order valence-corrected chi connectivity index (χ1v) is 9.06. The number of carbonyl (C=O) groups excluding carboxylic acids is 1. The molecule has 0 aliphatic carbocycles. The van der Waals surface area contributed by atoms with Gasteiger partial charge in [0.1, 0.15) is 5.01 Å². The van der Waals surface area contributed by atoms with Gasteiger partial charge in [0, 0.05) is 5.69 Å². The van der Waals surface area contributed by atoms with Crippen LogP contribution in [0.3, 0.4) is 0 Å². The molecular formula is C19H19N3OS. The van der Waals surface area contributed by atoms with E-state index in [9.17, 15) is 4.79 Å². The van der Waals surface area contributed by atoms with Crippen LogP contribution in [0.1, 0.15) is 23.9 Å². The molecule has 1 aliphatic heterocycles. The summed E-state index contributed by atoms with van der Waals surface area (Å²) in [5.74, 6) is 0.0363. The lowest BCUT2D eigenvalue weighted by atomic mass is 10.2. The quantitative estimate of drug-likeness (QED) is 0.780. The predicted octanol–water partition coefficient (Wildman–Crippen LogP) is 4.07. The van der Waals surface area contributed by atoms with E-state index >= 15 is 0 Å². The molecule has 0 unspecified atom stereocenters. The third kappa shape index (κ3) is 3.18. The summed E-state index contributed by atoms with van der Waals surface area (Å²) in [6, 6.07) is 18.1. The molecule has 3 aromatic rings. The topological polar surface area (TPSA) is 45.2 Å². The molecule has 1 fully saturated rings. The van der Waals surface area contributed by atoms with Crippen molar-refractivity contribution in [3.8, 4) is 0 Å². The van der Waals surface area contributed by atoms with Gasteiger partial charge in [0.05, 0.1) is 22.8 Å². The minimum absolute atomic E-state index is 0.0363. The van der Waals surface area contributed by atoms with E-state index < -0.39 is 0 Å². The summed E-state index contributed by atoms with van der Waals surface area (Å²) in [6.07, 6.45) is 2.18. The standard InChI is InChI=1S/C19H19N3OS/c23-18(20-14-7-2-1-3-8-14)13-22-12-6-10-16(22)19-21-15-9-4-5-11-17(15)24-19/h1-5,7-9,11,16H,6,10,12-13H2,(H,20,23)/t16-/m1/s1. The predicted molar refractivity (Wildman–Crippen MR) is 98.2 cm³/mol. The van der Waals surface area contributed by atoms with Crippen molar-refractivity contribution < 1.29 is 4.79 Å². The van der Waals surface area contributed by atoms with E-state index in [0.29, 0.717) is 6.54 Å². The van der Waals surface area contributed by atoms with Crippen LogP contribution >= 0.6 is 11.3 Å². The van der Waals surface area contributed by atoms with Crippen LogP contribution in [0.5, 0.6) is 0 Å². The van der Waals surface area contributed by atoms with Gasteiger partial charge in [0.25, 0.3) is 0 Å². The van der Waals surface area contributed by atoms with Gasteiger partial charge in [-0.05, 0) is 43.7 Å². The number of likely N-dealkylation sites (tertiary alicyclic amines) is 1. The fourth-order valence-corrected chi connectivity index (χ4v) is 4.37. The van der Waals surface area contributed by atoms with E-state index in [1.807, 2.05) is 42.5 Å². The molecule has 5 heteroatoms. The Morgan fingerprint density at radius 2 is 1.96 bits per heavy atom. The average Bonchev–Trinajstić information content (AvgIpc) is 3.21. The molecule has 0 radical (unpaired) electrons. The number of hydrogen-bond donors (Lipinski definition) is 1. The lowest BCUT2D eigenvalue weighted by molar-refractivity contribution is -0.117. The zero-order valence-corrected chi connectivity index (χ0v) is 14.1. The molecule has 0 bridgehead atoms. The van der Waals surface area contributed by atoms with E-state index in [-0.39, 0.29) is 11.9 Å². The Morgan fingerprint density at radius 1 is 1.17 bits per heavy atom. The molecule has 24 heavy (non-hydrogen) atoms. The van der Waals surface area contributed by atoms with E-state index in [2.05, 4.69) is 22.3 Å². The second-order valence-electron chi connectivity index (χ2n) is 6.06. The molecule has 1 aromatic heterocycles. The summed E-state index contributed by atoms with van der Waals surface area (Å²) < 4.78 is 1.22. The highest BCUT2D eigenvalue weighted by Gasteiger charge is 2.30. The number of thiazole rings is 1. The number of benzene rings is 2. The molecule has 2 heterocycles. The normalized spacial score (nSPS) is 18.1. The van der Waals surface area contributed by atoms with Crippen molar-refractivity contribution in [2.24, 2.45) is 0 Å². The lowest BCUT2D eigenvalue weighted by Crippen LogP contribution is -2.32. The summed E-state index contributed by atoms with van der Waals surface area (Å²) in [6.45, 7) is 1.36. The van der Waals surface area contributed by atoms with Crippen molar-refractivity contribution in [2.45, 2.75) is 18.9 Å². The molecule has 1 N–H and O–H groups in total. The molecule has 4 rings (SSSR count). The van der Waals surface area contributed by atoms with Crippen molar-refractivity contribution in [2.75, 3.05) is 18.4 Å². The van der Waals surface area contributed by atoms with Crippen LogP contribution in [-0.4, -0.2) is 28.9 Å². The van der Waals surface area contributed by atoms with E-state index in [4.69, 9.17) is 4.98 Å². The third-order valence-corrected chi connectivity index (χ3v) is 5.50. The van der Waals surface area contributed by atoms with Gasteiger partial charge < -0.3 is 5.32 Å². The maximum atomic E-state index is 12.3. The molecule has 1 saturated heterocycles. The average molecular weight is 337 g/mol. The Hall–Kier alpha value is -2.24. The lowest BCUT2D eigenvalue weighted by Gasteiger charge is -2.22. The number of nitrogens with zero attached hydrogens (tertiary/aromatic N) is 2. The molecule has 1 atom stereocenters. The Kier molecular flexibility index (Phi) is 4.28. The van der Waals surface area contributed by atoms with Gasteiger partial charge in [0.15, 0.2) is 0 Å². The van der Waals surface area contributed by atoms with Crippen LogP contribution in [0.2, 0.25) is 0 Å². The third-order valence-electron chi connectivity index (χ3n) is 4.36. The molecule has 1 aliphatic rings. The number of nitrogens with one attached hydrogen (secondary N) is 1. The van der Waals surface area contributed by atoms with Crippen LogP contribution in [-0.2, 0) is 4.79 Å². The van der Waals surface area contributed by atoms with Gasteiger partial charge >= 0.3 is 0 Å². The maximum Gasteiger partial charge on any atom is 0.238 e. The fraction of sp³-hybridized carbons (Fsp3) is 0.263. The van der Waals surface area contributed by atoms with Crippen LogP contribution < -0.4 is 5.32 Å². The van der Waals surface area contributed by atoms with Gasteiger partial charge in [-0.3, -0.25) is 9.69 Å². The first kappa shape index (κ1) is 15.3. The maximum absolute atomic E-state index is 12.3. The molecule has 4 nitrogen and oxygen atoms in total. The Morgan fingerprint density at radius 3 is 2.79 bits per heavy atom. The Balaban J connectivity index is 1.47. The highest BCUT2D eigenvalue weighted by Crippen LogP contribution is 2.36. The van der Waals surface area contributed by atoms with Crippen LogP contribution in [0.25, 0.3) is 10.2 Å². The number of aromatic nitrogens is 1. The molecule has 0 saturated carbocycles. The summed E-state index contributed by atoms with van der Waals surface area (Å²) in [4.78, 5) is 19.4. The smallest absolute Gasteiger partial charge is 0.238 e. The number of para-hydroxylation sites is 2. The first-order chi connectivity index (χ1) is 11.8. The molecule has 1 amide bonds. The van der Waals surface area contributed by atoms with Crippen molar-refractivity contribution in [3.63, 3.8) is 0 Å². The number of carbonyl (C=O) groups is 1.